The number of hydrogen-bond acceptors (Lipinski definition) is 3. The Morgan fingerprint density at radius 1 is 0.719 bits per heavy atom. The molecule has 178 valence electrons. The second-order valence-corrected chi connectivity index (χ2v) is 10.1. The molecule has 0 unspecified atom stereocenters. The third kappa shape index (κ3) is 5.13. The first-order valence-corrected chi connectivity index (χ1v) is 11.6. The number of hydrogen-bond donors (Lipinski definition) is 2. The summed E-state index contributed by atoms with van der Waals surface area (Å²) in [4.78, 5) is 2.05. The molecule has 2 aromatic rings. The number of benzene rings is 2. The first-order chi connectivity index (χ1) is 14.7. The predicted molar refractivity (Wildman–Crippen MR) is 112 cm³/mol. The van der Waals surface area contributed by atoms with Crippen LogP contribution in [0.1, 0.15) is 81.5 Å². The van der Waals surface area contributed by atoms with E-state index in [9.17, 15) is 30.4 Å². The quantitative estimate of drug-likeness (QED) is 0.220. The monoisotopic (exact) mass is 478 g/mol. The van der Waals surface area contributed by atoms with E-state index in [1.807, 2.05) is 46.4 Å². The highest BCUT2D eigenvalue weighted by atomic mass is 32.2. The van der Waals surface area contributed by atoms with Gasteiger partial charge in [0.15, 0.2) is 23.3 Å². The van der Waals surface area contributed by atoms with Gasteiger partial charge in [0.1, 0.15) is 0 Å². The lowest BCUT2D eigenvalue weighted by molar-refractivity contribution is 0.366. The third-order valence-corrected chi connectivity index (χ3v) is 6.54. The van der Waals surface area contributed by atoms with Gasteiger partial charge in [-0.15, -0.1) is 4.83 Å². The van der Waals surface area contributed by atoms with Gasteiger partial charge in [-0.1, -0.05) is 53.7 Å². The molecule has 0 fully saturated rings. The van der Waals surface area contributed by atoms with Crippen LogP contribution in [-0.2, 0) is 16.6 Å². The molecular formula is C22H27F5N2O2S. The van der Waals surface area contributed by atoms with E-state index in [1.165, 1.54) is 0 Å². The van der Waals surface area contributed by atoms with Crippen LogP contribution in [0.4, 0.5) is 22.0 Å². The molecule has 0 aromatic heterocycles. The maximum Gasteiger partial charge on any atom is 0.253 e. The molecule has 0 spiro atoms. The third-order valence-electron chi connectivity index (χ3n) is 5.12. The Labute approximate surface area is 185 Å². The van der Waals surface area contributed by atoms with Crippen molar-refractivity contribution in [1.29, 1.82) is 0 Å². The zero-order chi connectivity index (χ0) is 24.5. The minimum atomic E-state index is -4.25. The molecule has 0 aliphatic rings. The van der Waals surface area contributed by atoms with E-state index in [0.717, 1.165) is 5.56 Å². The summed E-state index contributed by atoms with van der Waals surface area (Å²) in [6, 6.07) is 3.61. The zero-order valence-electron chi connectivity index (χ0n) is 18.7. The van der Waals surface area contributed by atoms with E-state index in [2.05, 4.69) is 5.43 Å². The summed E-state index contributed by atoms with van der Waals surface area (Å²) >= 11 is 0. The molecule has 0 radical (unpaired) electrons. The molecule has 0 atom stereocenters. The normalized spacial score (nSPS) is 12.4. The van der Waals surface area contributed by atoms with Gasteiger partial charge >= 0.3 is 0 Å². The van der Waals surface area contributed by atoms with Gasteiger partial charge in [0.25, 0.3) is 10.0 Å². The molecule has 0 aliphatic carbocycles. The van der Waals surface area contributed by atoms with Crippen molar-refractivity contribution < 1.29 is 30.4 Å². The van der Waals surface area contributed by atoms with Gasteiger partial charge in [-0.2, -0.15) is 0 Å². The number of hydrazine groups is 1. The fourth-order valence-corrected chi connectivity index (χ4v) is 4.85. The van der Waals surface area contributed by atoms with Gasteiger partial charge in [-0.3, -0.25) is 0 Å². The van der Waals surface area contributed by atoms with Crippen LogP contribution in [0.25, 0.3) is 0 Å². The highest BCUT2D eigenvalue weighted by Crippen LogP contribution is 2.35. The van der Waals surface area contributed by atoms with Crippen molar-refractivity contribution in [2.75, 3.05) is 0 Å². The van der Waals surface area contributed by atoms with E-state index in [-0.39, 0.29) is 22.6 Å². The van der Waals surface area contributed by atoms with Crippen molar-refractivity contribution in [1.82, 2.24) is 10.3 Å². The summed E-state index contributed by atoms with van der Waals surface area (Å²) in [6.45, 7) is 10.4. The van der Waals surface area contributed by atoms with E-state index in [4.69, 9.17) is 0 Å². The van der Waals surface area contributed by atoms with Gasteiger partial charge in [-0.25, -0.2) is 35.8 Å². The first-order valence-electron chi connectivity index (χ1n) is 10.1. The molecule has 2 aromatic carbocycles. The van der Waals surface area contributed by atoms with Crippen LogP contribution in [0.2, 0.25) is 0 Å². The van der Waals surface area contributed by atoms with Crippen molar-refractivity contribution in [2.24, 2.45) is 0 Å². The van der Waals surface area contributed by atoms with Crippen molar-refractivity contribution in [3.05, 3.63) is 63.5 Å². The van der Waals surface area contributed by atoms with Crippen LogP contribution in [-0.4, -0.2) is 8.42 Å². The molecule has 2 N–H and O–H groups in total. The summed E-state index contributed by atoms with van der Waals surface area (Å²) in [5.41, 5.74) is 3.00. The fraction of sp³-hybridized carbons (Fsp3) is 0.455. The summed E-state index contributed by atoms with van der Waals surface area (Å²) < 4.78 is 94.0. The van der Waals surface area contributed by atoms with E-state index >= 15 is 0 Å². The maximum absolute atomic E-state index is 13.9. The molecule has 0 amide bonds. The Morgan fingerprint density at radius 3 is 1.50 bits per heavy atom. The second-order valence-electron chi connectivity index (χ2n) is 8.50. The number of rotatable bonds is 8. The topological polar surface area (TPSA) is 58.2 Å². The van der Waals surface area contributed by atoms with Crippen LogP contribution < -0.4 is 10.3 Å². The molecule has 0 saturated carbocycles. The molecule has 32 heavy (non-hydrogen) atoms. The summed E-state index contributed by atoms with van der Waals surface area (Å²) in [5, 5.41) is 0. The van der Waals surface area contributed by atoms with Crippen molar-refractivity contribution >= 4 is 10.0 Å². The lowest BCUT2D eigenvalue weighted by Crippen LogP contribution is -2.38. The van der Waals surface area contributed by atoms with Crippen molar-refractivity contribution in [3.63, 3.8) is 0 Å². The molecule has 0 bridgehead atoms. The van der Waals surface area contributed by atoms with Crippen LogP contribution in [0.15, 0.2) is 17.0 Å². The van der Waals surface area contributed by atoms with Crippen LogP contribution >= 0.6 is 0 Å². The van der Waals surface area contributed by atoms with Gasteiger partial charge in [0.2, 0.25) is 5.82 Å². The molecule has 0 heterocycles. The Balaban J connectivity index is 2.46. The Morgan fingerprint density at radius 2 is 1.12 bits per heavy atom. The molecule has 0 aliphatic heterocycles. The molecule has 2 rings (SSSR count). The summed E-state index contributed by atoms with van der Waals surface area (Å²) in [6.07, 6.45) is 0. The molecular weight excluding hydrogens is 451 g/mol. The van der Waals surface area contributed by atoms with Crippen LogP contribution in [0, 0.1) is 29.1 Å². The van der Waals surface area contributed by atoms with Gasteiger partial charge in [-0.05, 0) is 34.4 Å². The van der Waals surface area contributed by atoms with E-state index in [0.29, 0.717) is 11.1 Å². The zero-order valence-corrected chi connectivity index (χ0v) is 19.5. The Kier molecular flexibility index (Phi) is 8.06. The minimum absolute atomic E-state index is 0.0248. The number of nitrogens with one attached hydrogen (secondary N) is 2. The average Bonchev–Trinajstić information content (AvgIpc) is 2.72. The van der Waals surface area contributed by atoms with E-state index < -0.39 is 51.2 Å². The smallest absolute Gasteiger partial charge is 0.239 e. The average molecular weight is 479 g/mol. The second kappa shape index (κ2) is 9.84. The molecule has 0 saturated heterocycles. The minimum Gasteiger partial charge on any atom is -0.239 e. The summed E-state index contributed by atoms with van der Waals surface area (Å²) in [7, 11) is -4.25. The SMILES string of the molecule is CC(C)c1cc(C(C)C)c(S(=O)(=O)NNCc2c(F)c(F)c(F)c(F)c2F)c(C(C)C)c1. The highest BCUT2D eigenvalue weighted by Gasteiger charge is 2.28. The van der Waals surface area contributed by atoms with Gasteiger partial charge < -0.3 is 0 Å². The standard InChI is InChI=1S/C22H27F5N2O2S/c1-10(2)13-7-14(11(3)4)22(15(8-13)12(5)6)32(30,31)29-28-9-16-17(23)19(25)21(27)20(26)18(16)24/h7-8,10-12,28-29H,9H2,1-6H3. The van der Waals surface area contributed by atoms with Crippen LogP contribution in [0.3, 0.4) is 0 Å². The maximum atomic E-state index is 13.9. The van der Waals surface area contributed by atoms with E-state index in [1.54, 1.807) is 12.1 Å². The Bertz CT molecular complexity index is 1060. The predicted octanol–water partition coefficient (Wildman–Crippen LogP) is 5.74. The lowest BCUT2D eigenvalue weighted by Gasteiger charge is -2.23. The molecule has 10 heteroatoms. The van der Waals surface area contributed by atoms with Gasteiger partial charge in [0.05, 0.1) is 4.90 Å². The van der Waals surface area contributed by atoms with Crippen molar-refractivity contribution in [2.45, 2.75) is 70.7 Å². The Hall–Kier alpha value is -2.04. The molecule has 4 nitrogen and oxygen atoms in total. The number of halogens is 5. The number of sulfonamides is 1. The van der Waals surface area contributed by atoms with Crippen molar-refractivity contribution in [3.8, 4) is 0 Å². The fourth-order valence-electron chi connectivity index (χ4n) is 3.28. The highest BCUT2D eigenvalue weighted by molar-refractivity contribution is 7.89. The largest absolute Gasteiger partial charge is 0.253 e. The first kappa shape index (κ1) is 26.2. The van der Waals surface area contributed by atoms with Gasteiger partial charge in [0, 0.05) is 12.1 Å². The summed E-state index contributed by atoms with van der Waals surface area (Å²) in [5.74, 6) is -10.7. The lowest BCUT2D eigenvalue weighted by atomic mass is 9.89. The van der Waals surface area contributed by atoms with Crippen LogP contribution in [0.5, 0.6) is 0 Å².